The van der Waals surface area contributed by atoms with Gasteiger partial charge in [0.05, 0.1) is 16.3 Å². The van der Waals surface area contributed by atoms with Crippen LogP contribution in [0.1, 0.15) is 0 Å². The number of hydrogen-bond donors (Lipinski definition) is 1. The van der Waals surface area contributed by atoms with Crippen molar-refractivity contribution in [3.63, 3.8) is 0 Å². The van der Waals surface area contributed by atoms with Gasteiger partial charge in [0.15, 0.2) is 0 Å². The van der Waals surface area contributed by atoms with Gasteiger partial charge in [-0.2, -0.15) is 0 Å². The summed E-state index contributed by atoms with van der Waals surface area (Å²) in [7, 11) is 0. The van der Waals surface area contributed by atoms with Gasteiger partial charge in [-0.05, 0) is 12.1 Å². The van der Waals surface area contributed by atoms with E-state index < -0.39 is 0 Å². The van der Waals surface area contributed by atoms with E-state index >= 15 is 0 Å². The Morgan fingerprint density at radius 1 is 1.16 bits per heavy atom. The molecule has 0 unspecified atom stereocenters. The van der Waals surface area contributed by atoms with Crippen LogP contribution in [0.25, 0.3) is 22.6 Å². The van der Waals surface area contributed by atoms with Gasteiger partial charge in [0.2, 0.25) is 0 Å². The normalized spacial score (nSPS) is 10.6. The Morgan fingerprint density at radius 3 is 2.79 bits per heavy atom. The molecular formula is C13H8BrClN4. The number of nitrogens with zero attached hydrogens (tertiary/aromatic N) is 3. The molecule has 0 amide bonds. The molecule has 2 aromatic heterocycles. The highest BCUT2D eigenvalue weighted by molar-refractivity contribution is 9.10. The maximum atomic E-state index is 6.28. The van der Waals surface area contributed by atoms with Gasteiger partial charge in [0.1, 0.15) is 12.2 Å². The smallest absolute Gasteiger partial charge is 0.141 e. The van der Waals surface area contributed by atoms with Crippen LogP contribution in [-0.2, 0) is 0 Å². The minimum Gasteiger partial charge on any atom is -0.345 e. The van der Waals surface area contributed by atoms with Crippen molar-refractivity contribution in [1.29, 1.82) is 0 Å². The lowest BCUT2D eigenvalue weighted by atomic mass is 10.1. The maximum absolute atomic E-state index is 6.28. The van der Waals surface area contributed by atoms with Crippen LogP contribution in [0.3, 0.4) is 0 Å². The van der Waals surface area contributed by atoms with E-state index in [2.05, 4.69) is 35.9 Å². The molecule has 0 aliphatic heterocycles. The third-order valence-electron chi connectivity index (χ3n) is 2.65. The zero-order valence-corrected chi connectivity index (χ0v) is 12.0. The van der Waals surface area contributed by atoms with Gasteiger partial charge in [-0.1, -0.05) is 33.6 Å². The monoisotopic (exact) mass is 334 g/mol. The van der Waals surface area contributed by atoms with Crippen molar-refractivity contribution in [2.24, 2.45) is 0 Å². The van der Waals surface area contributed by atoms with E-state index in [0.29, 0.717) is 5.02 Å². The summed E-state index contributed by atoms with van der Waals surface area (Å²) in [5.41, 5.74) is 2.41. The number of imidazole rings is 1. The van der Waals surface area contributed by atoms with Crippen LogP contribution in [0, 0.1) is 0 Å². The molecule has 94 valence electrons. The van der Waals surface area contributed by atoms with E-state index in [4.69, 9.17) is 11.6 Å². The molecule has 0 saturated carbocycles. The molecule has 4 nitrogen and oxygen atoms in total. The summed E-state index contributed by atoms with van der Waals surface area (Å²) in [5.74, 6) is 0.717. The standard InChI is InChI=1S/C13H8BrClN4/c14-8-1-2-9(11(15)5-8)12-10(6-16-7-19-12)13-17-3-4-18-13/h1-7H,(H,17,18). The highest BCUT2D eigenvalue weighted by Crippen LogP contribution is 2.33. The summed E-state index contributed by atoms with van der Waals surface area (Å²) in [6, 6.07) is 5.68. The number of aromatic nitrogens is 4. The van der Waals surface area contributed by atoms with Gasteiger partial charge < -0.3 is 4.98 Å². The average molecular weight is 336 g/mol. The molecule has 2 heterocycles. The van der Waals surface area contributed by atoms with Crippen LogP contribution >= 0.6 is 27.5 Å². The van der Waals surface area contributed by atoms with Gasteiger partial charge in [-0.25, -0.2) is 15.0 Å². The Hall–Kier alpha value is -1.72. The van der Waals surface area contributed by atoms with Crippen LogP contribution in [0.5, 0.6) is 0 Å². The molecule has 0 aliphatic rings. The molecule has 0 bridgehead atoms. The molecule has 0 atom stereocenters. The Kier molecular flexibility index (Phi) is 3.31. The van der Waals surface area contributed by atoms with Crippen LogP contribution in [-0.4, -0.2) is 19.9 Å². The van der Waals surface area contributed by atoms with E-state index in [1.165, 1.54) is 6.33 Å². The molecule has 0 spiro atoms. The second-order valence-corrected chi connectivity index (χ2v) is 5.17. The Bertz CT molecular complexity index is 712. The number of rotatable bonds is 2. The molecule has 0 radical (unpaired) electrons. The molecule has 3 rings (SSSR count). The van der Waals surface area contributed by atoms with Crippen molar-refractivity contribution in [3.05, 3.63) is 52.6 Å². The first-order chi connectivity index (χ1) is 9.25. The molecule has 6 heteroatoms. The van der Waals surface area contributed by atoms with Crippen molar-refractivity contribution in [3.8, 4) is 22.6 Å². The average Bonchev–Trinajstić information content (AvgIpc) is 2.93. The van der Waals surface area contributed by atoms with E-state index in [1.807, 2.05) is 18.2 Å². The predicted molar refractivity (Wildman–Crippen MR) is 77.8 cm³/mol. The minimum atomic E-state index is 0.626. The first kappa shape index (κ1) is 12.3. The Balaban J connectivity index is 2.21. The first-order valence-corrected chi connectivity index (χ1v) is 6.68. The lowest BCUT2D eigenvalue weighted by molar-refractivity contribution is 1.15. The van der Waals surface area contributed by atoms with Gasteiger partial charge in [0.25, 0.3) is 0 Å². The molecule has 0 aliphatic carbocycles. The van der Waals surface area contributed by atoms with Crippen LogP contribution in [0.15, 0.2) is 47.6 Å². The number of hydrogen-bond acceptors (Lipinski definition) is 3. The Morgan fingerprint density at radius 2 is 2.05 bits per heavy atom. The summed E-state index contributed by atoms with van der Waals surface area (Å²) in [5, 5.41) is 0.626. The predicted octanol–water partition coefficient (Wildman–Crippen LogP) is 3.95. The third-order valence-corrected chi connectivity index (χ3v) is 3.46. The molecule has 19 heavy (non-hydrogen) atoms. The van der Waals surface area contributed by atoms with Crippen LogP contribution in [0.4, 0.5) is 0 Å². The summed E-state index contributed by atoms with van der Waals surface area (Å²) in [6.45, 7) is 0. The molecule has 3 aromatic rings. The SMILES string of the molecule is Clc1cc(Br)ccc1-c1ncncc1-c1ncc[nH]1. The van der Waals surface area contributed by atoms with Gasteiger partial charge in [-0.15, -0.1) is 0 Å². The molecule has 0 fully saturated rings. The molecule has 1 aromatic carbocycles. The van der Waals surface area contributed by atoms with E-state index in [-0.39, 0.29) is 0 Å². The van der Waals surface area contributed by atoms with Crippen molar-refractivity contribution in [2.45, 2.75) is 0 Å². The summed E-state index contributed by atoms with van der Waals surface area (Å²) in [4.78, 5) is 15.7. The third kappa shape index (κ3) is 2.39. The Labute approximate surface area is 123 Å². The van der Waals surface area contributed by atoms with E-state index in [9.17, 15) is 0 Å². The largest absolute Gasteiger partial charge is 0.345 e. The van der Waals surface area contributed by atoms with Crippen molar-refractivity contribution >= 4 is 27.5 Å². The molecule has 1 N–H and O–H groups in total. The van der Waals surface area contributed by atoms with Gasteiger partial charge in [-0.3, -0.25) is 0 Å². The zero-order chi connectivity index (χ0) is 13.2. The van der Waals surface area contributed by atoms with Crippen LogP contribution in [0.2, 0.25) is 5.02 Å². The summed E-state index contributed by atoms with van der Waals surface area (Å²) >= 11 is 9.67. The van der Waals surface area contributed by atoms with Crippen LogP contribution < -0.4 is 0 Å². The summed E-state index contributed by atoms with van der Waals surface area (Å²) < 4.78 is 0.926. The fourth-order valence-corrected chi connectivity index (χ4v) is 2.57. The molecular weight excluding hydrogens is 328 g/mol. The zero-order valence-electron chi connectivity index (χ0n) is 9.64. The number of nitrogens with one attached hydrogen (secondary N) is 1. The fraction of sp³-hybridized carbons (Fsp3) is 0. The van der Waals surface area contributed by atoms with Crippen molar-refractivity contribution in [2.75, 3.05) is 0 Å². The molecule has 0 saturated heterocycles. The van der Waals surface area contributed by atoms with Crippen molar-refractivity contribution < 1.29 is 0 Å². The lowest BCUT2D eigenvalue weighted by Gasteiger charge is -2.08. The topological polar surface area (TPSA) is 54.5 Å². The van der Waals surface area contributed by atoms with Gasteiger partial charge in [0, 0.05) is 28.6 Å². The summed E-state index contributed by atoms with van der Waals surface area (Å²) in [6.07, 6.45) is 6.67. The van der Waals surface area contributed by atoms with E-state index in [1.54, 1.807) is 18.6 Å². The minimum absolute atomic E-state index is 0.626. The first-order valence-electron chi connectivity index (χ1n) is 5.51. The lowest BCUT2D eigenvalue weighted by Crippen LogP contribution is -1.92. The quantitative estimate of drug-likeness (QED) is 0.771. The fourth-order valence-electron chi connectivity index (χ4n) is 1.81. The number of halogens is 2. The van der Waals surface area contributed by atoms with E-state index in [0.717, 1.165) is 27.1 Å². The second-order valence-electron chi connectivity index (χ2n) is 3.85. The number of H-pyrrole nitrogens is 1. The van der Waals surface area contributed by atoms with Crippen molar-refractivity contribution in [1.82, 2.24) is 19.9 Å². The van der Waals surface area contributed by atoms with Gasteiger partial charge >= 0.3 is 0 Å². The highest BCUT2D eigenvalue weighted by atomic mass is 79.9. The highest BCUT2D eigenvalue weighted by Gasteiger charge is 2.13. The number of aromatic amines is 1. The second kappa shape index (κ2) is 5.11. The number of benzene rings is 1. The maximum Gasteiger partial charge on any atom is 0.141 e.